The molecular weight excluding hydrogens is 304 g/mol. The molecule has 1 aliphatic heterocycles. The summed E-state index contributed by atoms with van der Waals surface area (Å²) in [4.78, 5) is 14.0. The van der Waals surface area contributed by atoms with Crippen molar-refractivity contribution in [1.29, 1.82) is 0 Å². The van der Waals surface area contributed by atoms with Gasteiger partial charge >= 0.3 is 0 Å². The molecule has 1 fully saturated rings. The van der Waals surface area contributed by atoms with Gasteiger partial charge in [-0.15, -0.1) is 0 Å². The van der Waals surface area contributed by atoms with E-state index in [0.29, 0.717) is 13.1 Å². The smallest absolute Gasteiger partial charge is 0.255 e. The molecule has 0 radical (unpaired) electrons. The average molecular weight is 320 g/mol. The van der Waals surface area contributed by atoms with Gasteiger partial charge in [0.1, 0.15) is 5.82 Å². The van der Waals surface area contributed by atoms with Crippen LogP contribution in [0, 0.1) is 5.82 Å². The first-order chi connectivity index (χ1) is 9.52. The fraction of sp³-hybridized carbons (Fsp3) is 0.500. The summed E-state index contributed by atoms with van der Waals surface area (Å²) in [7, 11) is 0. The summed E-state index contributed by atoms with van der Waals surface area (Å²) in [6.45, 7) is 3.61. The Hall–Kier alpha value is -0.840. The van der Waals surface area contributed by atoms with Crippen molar-refractivity contribution in [3.63, 3.8) is 0 Å². The molecule has 110 valence electrons. The normalized spacial score (nSPS) is 18.3. The van der Waals surface area contributed by atoms with Crippen LogP contribution in [0.15, 0.2) is 12.1 Å². The summed E-state index contributed by atoms with van der Waals surface area (Å²) in [5.41, 5.74) is 0.133. The van der Waals surface area contributed by atoms with Crippen molar-refractivity contribution in [2.75, 3.05) is 19.7 Å². The van der Waals surface area contributed by atoms with E-state index in [4.69, 9.17) is 27.9 Å². The van der Waals surface area contributed by atoms with E-state index < -0.39 is 5.82 Å². The highest BCUT2D eigenvalue weighted by Gasteiger charge is 2.24. The maximum absolute atomic E-state index is 13.5. The van der Waals surface area contributed by atoms with E-state index >= 15 is 0 Å². The Morgan fingerprint density at radius 1 is 1.45 bits per heavy atom. The molecule has 1 unspecified atom stereocenters. The minimum atomic E-state index is -0.646. The summed E-state index contributed by atoms with van der Waals surface area (Å²) >= 11 is 11.6. The number of nitrogens with zero attached hydrogens (tertiary/aromatic N) is 1. The third kappa shape index (κ3) is 3.43. The van der Waals surface area contributed by atoms with Crippen LogP contribution in [0.2, 0.25) is 10.0 Å². The zero-order valence-electron chi connectivity index (χ0n) is 11.2. The lowest BCUT2D eigenvalue weighted by Gasteiger charge is -2.24. The third-order valence-electron chi connectivity index (χ3n) is 3.36. The maximum atomic E-state index is 13.5. The first-order valence-corrected chi connectivity index (χ1v) is 7.34. The fourth-order valence-electron chi connectivity index (χ4n) is 2.25. The van der Waals surface area contributed by atoms with Gasteiger partial charge in [-0.25, -0.2) is 4.39 Å². The first-order valence-electron chi connectivity index (χ1n) is 6.58. The van der Waals surface area contributed by atoms with Gasteiger partial charge in [0.25, 0.3) is 5.91 Å². The summed E-state index contributed by atoms with van der Waals surface area (Å²) in [6, 6.07) is 2.34. The van der Waals surface area contributed by atoms with Gasteiger partial charge in [0.05, 0.1) is 21.7 Å². The van der Waals surface area contributed by atoms with Crippen molar-refractivity contribution in [3.8, 4) is 0 Å². The highest BCUT2D eigenvalue weighted by atomic mass is 35.5. The number of likely N-dealkylation sites (N-methyl/N-ethyl adjacent to an activating group) is 1. The number of halogens is 3. The summed E-state index contributed by atoms with van der Waals surface area (Å²) in [6.07, 6.45) is 1.99. The molecule has 0 N–H and O–H groups in total. The number of carbonyl (C=O) groups is 1. The number of carbonyl (C=O) groups excluding carboxylic acids is 1. The van der Waals surface area contributed by atoms with E-state index in [-0.39, 0.29) is 27.6 Å². The van der Waals surface area contributed by atoms with E-state index in [2.05, 4.69) is 0 Å². The SMILES string of the molecule is CCN(CC1CCCO1)C(=O)c1cc(F)c(Cl)cc1Cl. The zero-order valence-corrected chi connectivity index (χ0v) is 12.7. The van der Waals surface area contributed by atoms with Crippen LogP contribution in [0.4, 0.5) is 4.39 Å². The van der Waals surface area contributed by atoms with Crippen molar-refractivity contribution >= 4 is 29.1 Å². The molecule has 20 heavy (non-hydrogen) atoms. The standard InChI is InChI=1S/C14H16Cl2FNO2/c1-2-18(8-9-4-3-5-20-9)14(19)10-6-13(17)12(16)7-11(10)15/h6-7,9H,2-5,8H2,1H3. The maximum Gasteiger partial charge on any atom is 0.255 e. The third-order valence-corrected chi connectivity index (χ3v) is 3.96. The summed E-state index contributed by atoms with van der Waals surface area (Å²) in [5.74, 6) is -0.948. The van der Waals surface area contributed by atoms with E-state index in [1.165, 1.54) is 6.07 Å². The molecule has 6 heteroatoms. The molecule has 1 heterocycles. The number of benzene rings is 1. The highest BCUT2D eigenvalue weighted by molar-refractivity contribution is 6.36. The fourth-order valence-corrected chi connectivity index (χ4v) is 2.71. The number of ether oxygens (including phenoxy) is 1. The van der Waals surface area contributed by atoms with Crippen LogP contribution in [0.5, 0.6) is 0 Å². The van der Waals surface area contributed by atoms with Crippen LogP contribution in [0.1, 0.15) is 30.1 Å². The van der Waals surface area contributed by atoms with Gasteiger partial charge in [-0.2, -0.15) is 0 Å². The predicted octanol–water partition coefficient (Wildman–Crippen LogP) is 3.77. The summed E-state index contributed by atoms with van der Waals surface area (Å²) < 4.78 is 19.0. The van der Waals surface area contributed by atoms with Crippen LogP contribution < -0.4 is 0 Å². The van der Waals surface area contributed by atoms with Crippen molar-refractivity contribution in [1.82, 2.24) is 4.90 Å². The second-order valence-corrected chi connectivity index (χ2v) is 5.54. The van der Waals surface area contributed by atoms with E-state index in [1.807, 2.05) is 6.92 Å². The van der Waals surface area contributed by atoms with Crippen molar-refractivity contribution in [3.05, 3.63) is 33.6 Å². The van der Waals surface area contributed by atoms with Gasteiger partial charge in [0, 0.05) is 19.7 Å². The first kappa shape index (κ1) is 15.5. The van der Waals surface area contributed by atoms with Crippen LogP contribution in [-0.4, -0.2) is 36.6 Å². The Kier molecular flexibility index (Phi) is 5.24. The molecule has 1 amide bonds. The molecule has 2 rings (SSSR count). The van der Waals surface area contributed by atoms with Gasteiger partial charge in [-0.05, 0) is 31.9 Å². The molecule has 0 spiro atoms. The Morgan fingerprint density at radius 3 is 2.80 bits per heavy atom. The van der Waals surface area contributed by atoms with E-state index in [0.717, 1.165) is 25.5 Å². The quantitative estimate of drug-likeness (QED) is 0.790. The molecule has 0 bridgehead atoms. The Labute approximate surface area is 127 Å². The predicted molar refractivity (Wildman–Crippen MR) is 77.0 cm³/mol. The van der Waals surface area contributed by atoms with Crippen LogP contribution >= 0.6 is 23.2 Å². The number of amides is 1. The summed E-state index contributed by atoms with van der Waals surface area (Å²) in [5, 5.41) is 0.0703. The zero-order chi connectivity index (χ0) is 14.7. The molecule has 1 saturated heterocycles. The second-order valence-electron chi connectivity index (χ2n) is 4.72. The lowest BCUT2D eigenvalue weighted by Crippen LogP contribution is -2.37. The Morgan fingerprint density at radius 2 is 2.20 bits per heavy atom. The molecular formula is C14H16Cl2FNO2. The Bertz CT molecular complexity index is 504. The van der Waals surface area contributed by atoms with Gasteiger partial charge < -0.3 is 9.64 Å². The molecule has 0 aromatic heterocycles. The molecule has 0 aliphatic carbocycles. The van der Waals surface area contributed by atoms with Crippen LogP contribution in [0.25, 0.3) is 0 Å². The van der Waals surface area contributed by atoms with Gasteiger partial charge in [-0.1, -0.05) is 23.2 Å². The largest absolute Gasteiger partial charge is 0.376 e. The molecule has 1 atom stereocenters. The van der Waals surface area contributed by atoms with Gasteiger partial charge in [-0.3, -0.25) is 4.79 Å². The molecule has 1 aromatic rings. The van der Waals surface area contributed by atoms with Crippen LogP contribution in [-0.2, 0) is 4.74 Å². The van der Waals surface area contributed by atoms with E-state index in [1.54, 1.807) is 4.90 Å². The lowest BCUT2D eigenvalue weighted by atomic mass is 10.1. The number of hydrogen-bond acceptors (Lipinski definition) is 2. The monoisotopic (exact) mass is 319 g/mol. The van der Waals surface area contributed by atoms with Crippen molar-refractivity contribution in [2.24, 2.45) is 0 Å². The van der Waals surface area contributed by atoms with Crippen LogP contribution in [0.3, 0.4) is 0 Å². The average Bonchev–Trinajstić information content (AvgIpc) is 2.92. The van der Waals surface area contributed by atoms with Gasteiger partial charge in [0.2, 0.25) is 0 Å². The second kappa shape index (κ2) is 6.74. The molecule has 1 aliphatic rings. The van der Waals surface area contributed by atoms with E-state index in [9.17, 15) is 9.18 Å². The number of hydrogen-bond donors (Lipinski definition) is 0. The number of rotatable bonds is 4. The Balaban J connectivity index is 2.17. The molecule has 1 aromatic carbocycles. The minimum Gasteiger partial charge on any atom is -0.376 e. The molecule has 0 saturated carbocycles. The topological polar surface area (TPSA) is 29.5 Å². The van der Waals surface area contributed by atoms with Crippen molar-refractivity contribution < 1.29 is 13.9 Å². The van der Waals surface area contributed by atoms with Gasteiger partial charge in [0.15, 0.2) is 0 Å². The molecule has 3 nitrogen and oxygen atoms in total. The van der Waals surface area contributed by atoms with Crippen molar-refractivity contribution in [2.45, 2.75) is 25.9 Å². The lowest BCUT2D eigenvalue weighted by molar-refractivity contribution is 0.0539. The highest BCUT2D eigenvalue weighted by Crippen LogP contribution is 2.26. The minimum absolute atomic E-state index is 0.0508.